The van der Waals surface area contributed by atoms with Crippen LogP contribution in [0.5, 0.6) is 0 Å². The van der Waals surface area contributed by atoms with Crippen LogP contribution in [0.15, 0.2) is 35.1 Å². The second kappa shape index (κ2) is 7.70. The largest absolute Gasteiger partial charge is 0.369 e. The fourth-order valence-corrected chi connectivity index (χ4v) is 3.51. The maximum Gasteiger partial charge on any atom is 0.252 e. The molecule has 1 aliphatic rings. The zero-order valence-corrected chi connectivity index (χ0v) is 14.9. The molecule has 7 nitrogen and oxygen atoms in total. The molecule has 0 radical (unpaired) electrons. The highest BCUT2D eigenvalue weighted by atomic mass is 16.2. The van der Waals surface area contributed by atoms with Crippen LogP contribution in [0.2, 0.25) is 0 Å². The van der Waals surface area contributed by atoms with E-state index in [1.807, 2.05) is 24.3 Å². The zero-order valence-electron chi connectivity index (χ0n) is 14.9. The number of rotatable bonds is 5. The Morgan fingerprint density at radius 1 is 1.31 bits per heavy atom. The summed E-state index contributed by atoms with van der Waals surface area (Å²) >= 11 is 0. The number of fused-ring (bicyclic) bond motifs is 1. The molecule has 0 spiro atoms. The van der Waals surface area contributed by atoms with Crippen molar-refractivity contribution in [2.24, 2.45) is 18.7 Å². The van der Waals surface area contributed by atoms with E-state index in [1.54, 1.807) is 7.05 Å². The topological polar surface area (TPSA) is 97.4 Å². The first-order chi connectivity index (χ1) is 12.5. The number of carbonyl (C=O) groups is 2. The van der Waals surface area contributed by atoms with E-state index < -0.39 is 0 Å². The zero-order chi connectivity index (χ0) is 18.7. The van der Waals surface area contributed by atoms with Gasteiger partial charge in [-0.05, 0) is 25.5 Å². The molecule has 1 aliphatic heterocycles. The Bertz CT molecular complexity index is 890. The lowest BCUT2D eigenvalue weighted by molar-refractivity contribution is -0.123. The van der Waals surface area contributed by atoms with E-state index in [2.05, 4.69) is 10.2 Å². The SMILES string of the molecule is Cn1c(=O)cc(C(=O)NCCN2CCC[C@H](C(N)=O)C2)c2ccccc21. The minimum absolute atomic E-state index is 0.111. The molecule has 0 unspecified atom stereocenters. The summed E-state index contributed by atoms with van der Waals surface area (Å²) in [5, 5.41) is 3.63. The average Bonchev–Trinajstić information content (AvgIpc) is 2.65. The Kier molecular flexibility index (Phi) is 5.37. The van der Waals surface area contributed by atoms with Gasteiger partial charge in [0.05, 0.1) is 17.0 Å². The summed E-state index contributed by atoms with van der Waals surface area (Å²) in [6.45, 7) is 2.64. The molecule has 0 aliphatic carbocycles. The molecule has 1 aromatic carbocycles. The Labute approximate surface area is 151 Å². The van der Waals surface area contributed by atoms with Crippen molar-refractivity contribution in [3.05, 3.63) is 46.2 Å². The van der Waals surface area contributed by atoms with E-state index in [1.165, 1.54) is 10.6 Å². The number of likely N-dealkylation sites (tertiary alicyclic amines) is 1. The molecule has 26 heavy (non-hydrogen) atoms. The molecule has 3 rings (SSSR count). The summed E-state index contributed by atoms with van der Waals surface area (Å²) in [7, 11) is 1.69. The number of amides is 2. The molecule has 1 saturated heterocycles. The average molecular weight is 356 g/mol. The van der Waals surface area contributed by atoms with Crippen LogP contribution in [0.25, 0.3) is 10.9 Å². The Morgan fingerprint density at radius 2 is 2.08 bits per heavy atom. The first-order valence-corrected chi connectivity index (χ1v) is 8.86. The van der Waals surface area contributed by atoms with Crippen LogP contribution >= 0.6 is 0 Å². The number of aryl methyl sites for hydroxylation is 1. The summed E-state index contributed by atoms with van der Waals surface area (Å²) in [6.07, 6.45) is 1.76. The van der Waals surface area contributed by atoms with Gasteiger partial charge in [-0.2, -0.15) is 0 Å². The highest BCUT2D eigenvalue weighted by Gasteiger charge is 2.23. The second-order valence-electron chi connectivity index (χ2n) is 6.77. The number of hydrogen-bond donors (Lipinski definition) is 2. The van der Waals surface area contributed by atoms with Crippen LogP contribution in [-0.4, -0.2) is 47.5 Å². The number of carbonyl (C=O) groups excluding carboxylic acids is 2. The van der Waals surface area contributed by atoms with Gasteiger partial charge in [-0.15, -0.1) is 0 Å². The monoisotopic (exact) mass is 356 g/mol. The molecule has 0 saturated carbocycles. The van der Waals surface area contributed by atoms with E-state index in [-0.39, 0.29) is 23.3 Å². The van der Waals surface area contributed by atoms with Crippen molar-refractivity contribution in [2.75, 3.05) is 26.2 Å². The Balaban J connectivity index is 1.66. The third-order valence-electron chi connectivity index (χ3n) is 5.02. The molecule has 0 bridgehead atoms. The maximum absolute atomic E-state index is 12.6. The summed E-state index contributed by atoms with van der Waals surface area (Å²) < 4.78 is 1.53. The second-order valence-corrected chi connectivity index (χ2v) is 6.77. The predicted octanol–water partition coefficient (Wildman–Crippen LogP) is 0.466. The smallest absolute Gasteiger partial charge is 0.252 e. The summed E-state index contributed by atoms with van der Waals surface area (Å²) in [5.74, 6) is -0.631. The molecule has 2 aromatic rings. The summed E-state index contributed by atoms with van der Waals surface area (Å²) in [5.41, 5.74) is 6.29. The Morgan fingerprint density at radius 3 is 2.85 bits per heavy atom. The lowest BCUT2D eigenvalue weighted by Gasteiger charge is -2.31. The van der Waals surface area contributed by atoms with Gasteiger partial charge in [0.15, 0.2) is 0 Å². The minimum Gasteiger partial charge on any atom is -0.369 e. The van der Waals surface area contributed by atoms with Gasteiger partial charge in [0.2, 0.25) is 5.91 Å². The third-order valence-corrected chi connectivity index (χ3v) is 5.02. The number of primary amides is 1. The predicted molar refractivity (Wildman–Crippen MR) is 99.9 cm³/mol. The van der Waals surface area contributed by atoms with Crippen LogP contribution < -0.4 is 16.6 Å². The first-order valence-electron chi connectivity index (χ1n) is 8.86. The van der Waals surface area contributed by atoms with Crippen LogP contribution in [0.4, 0.5) is 0 Å². The van der Waals surface area contributed by atoms with Crippen molar-refractivity contribution >= 4 is 22.7 Å². The van der Waals surface area contributed by atoms with Gasteiger partial charge in [0, 0.05) is 38.1 Å². The van der Waals surface area contributed by atoms with Gasteiger partial charge in [0.25, 0.3) is 11.5 Å². The number of nitrogens with zero attached hydrogens (tertiary/aromatic N) is 2. The fraction of sp³-hybridized carbons (Fsp3) is 0.421. The number of nitrogens with two attached hydrogens (primary N) is 1. The molecular weight excluding hydrogens is 332 g/mol. The molecule has 138 valence electrons. The van der Waals surface area contributed by atoms with Gasteiger partial charge >= 0.3 is 0 Å². The number of pyridine rings is 1. The normalized spacial score (nSPS) is 18.0. The number of aromatic nitrogens is 1. The van der Waals surface area contributed by atoms with Crippen LogP contribution in [0, 0.1) is 5.92 Å². The molecule has 1 fully saturated rings. The number of para-hydroxylation sites is 1. The fourth-order valence-electron chi connectivity index (χ4n) is 3.51. The third kappa shape index (κ3) is 3.77. The van der Waals surface area contributed by atoms with E-state index in [9.17, 15) is 14.4 Å². The van der Waals surface area contributed by atoms with Gasteiger partial charge in [0.1, 0.15) is 0 Å². The van der Waals surface area contributed by atoms with Gasteiger partial charge in [-0.1, -0.05) is 18.2 Å². The Hall–Kier alpha value is -2.67. The van der Waals surface area contributed by atoms with Gasteiger partial charge in [-0.3, -0.25) is 14.4 Å². The van der Waals surface area contributed by atoms with Crippen molar-refractivity contribution in [3.63, 3.8) is 0 Å². The highest BCUT2D eigenvalue weighted by molar-refractivity contribution is 6.06. The van der Waals surface area contributed by atoms with Gasteiger partial charge < -0.3 is 20.5 Å². The molecule has 2 amide bonds. The first kappa shape index (κ1) is 18.1. The van der Waals surface area contributed by atoms with Crippen molar-refractivity contribution in [2.45, 2.75) is 12.8 Å². The lowest BCUT2D eigenvalue weighted by Crippen LogP contribution is -2.44. The number of nitrogens with one attached hydrogen (secondary N) is 1. The number of hydrogen-bond acceptors (Lipinski definition) is 4. The van der Waals surface area contributed by atoms with Crippen LogP contribution in [-0.2, 0) is 11.8 Å². The number of piperidine rings is 1. The van der Waals surface area contributed by atoms with Crippen molar-refractivity contribution in [1.29, 1.82) is 0 Å². The number of benzene rings is 1. The van der Waals surface area contributed by atoms with E-state index in [0.717, 1.165) is 30.3 Å². The van der Waals surface area contributed by atoms with Crippen LogP contribution in [0.1, 0.15) is 23.2 Å². The molecular formula is C19H24N4O3. The lowest BCUT2D eigenvalue weighted by atomic mass is 9.97. The molecule has 1 aromatic heterocycles. The van der Waals surface area contributed by atoms with Crippen molar-refractivity contribution in [1.82, 2.24) is 14.8 Å². The summed E-state index contributed by atoms with van der Waals surface area (Å²) in [4.78, 5) is 38.2. The van der Waals surface area contributed by atoms with E-state index in [4.69, 9.17) is 5.73 Å². The van der Waals surface area contributed by atoms with E-state index >= 15 is 0 Å². The molecule has 3 N–H and O–H groups in total. The molecule has 2 heterocycles. The van der Waals surface area contributed by atoms with Crippen molar-refractivity contribution in [3.8, 4) is 0 Å². The molecule has 7 heteroatoms. The quantitative estimate of drug-likeness (QED) is 0.813. The standard InChI is InChI=1S/C19H24N4O3/c1-22-16-7-3-2-6-14(16)15(11-17(22)24)19(26)21-8-10-23-9-4-5-13(12-23)18(20)25/h2-3,6-7,11,13H,4-5,8-10,12H2,1H3,(H2,20,25)(H,21,26)/t13-/m0/s1. The summed E-state index contributed by atoms with van der Waals surface area (Å²) in [6, 6.07) is 8.73. The van der Waals surface area contributed by atoms with Crippen LogP contribution in [0.3, 0.4) is 0 Å². The highest BCUT2D eigenvalue weighted by Crippen LogP contribution is 2.17. The van der Waals surface area contributed by atoms with Crippen molar-refractivity contribution < 1.29 is 9.59 Å². The van der Waals surface area contributed by atoms with Gasteiger partial charge in [-0.25, -0.2) is 0 Å². The minimum atomic E-state index is -0.262. The van der Waals surface area contributed by atoms with E-state index in [0.29, 0.717) is 25.2 Å². The molecule has 1 atom stereocenters. The maximum atomic E-state index is 12.6.